The Morgan fingerprint density at radius 3 is 2.28 bits per heavy atom. The molecule has 0 heterocycles. The molecular formula is C21H27FN2O. The van der Waals surface area contributed by atoms with Crippen LogP contribution >= 0.6 is 0 Å². The first-order chi connectivity index (χ1) is 11.9. The van der Waals surface area contributed by atoms with E-state index >= 15 is 0 Å². The second-order valence-electron chi connectivity index (χ2n) is 6.63. The van der Waals surface area contributed by atoms with Crippen molar-refractivity contribution in [3.63, 3.8) is 0 Å². The molecule has 0 aromatic heterocycles. The van der Waals surface area contributed by atoms with Gasteiger partial charge in [-0.3, -0.25) is 10.1 Å². The predicted molar refractivity (Wildman–Crippen MR) is 99.9 cm³/mol. The average molecular weight is 342 g/mol. The van der Waals surface area contributed by atoms with Crippen molar-refractivity contribution in [3.8, 4) is 0 Å². The van der Waals surface area contributed by atoms with E-state index in [1.807, 2.05) is 39.0 Å². The van der Waals surface area contributed by atoms with Gasteiger partial charge in [-0.15, -0.1) is 0 Å². The Kier molecular flexibility index (Phi) is 6.71. The van der Waals surface area contributed by atoms with E-state index in [1.54, 1.807) is 6.07 Å². The molecule has 0 spiro atoms. The lowest BCUT2D eigenvalue weighted by Gasteiger charge is -2.25. The molecule has 3 nitrogen and oxygen atoms in total. The Balaban J connectivity index is 2.30. The zero-order valence-electron chi connectivity index (χ0n) is 15.3. The maximum absolute atomic E-state index is 13.7. The average Bonchev–Trinajstić information content (AvgIpc) is 2.59. The summed E-state index contributed by atoms with van der Waals surface area (Å²) in [6.07, 6.45) is 0.964. The Morgan fingerprint density at radius 1 is 1.04 bits per heavy atom. The van der Waals surface area contributed by atoms with Gasteiger partial charge in [-0.1, -0.05) is 43.3 Å². The van der Waals surface area contributed by atoms with Gasteiger partial charge in [0, 0.05) is 6.04 Å². The molecular weight excluding hydrogens is 315 g/mol. The summed E-state index contributed by atoms with van der Waals surface area (Å²) in [5.74, 6) is -0.352. The number of hydrogen-bond donors (Lipinski definition) is 2. The van der Waals surface area contributed by atoms with Crippen LogP contribution in [0.3, 0.4) is 0 Å². The van der Waals surface area contributed by atoms with E-state index < -0.39 is 6.04 Å². The lowest BCUT2D eigenvalue weighted by atomic mass is 9.96. The largest absolute Gasteiger partial charge is 0.353 e. The van der Waals surface area contributed by atoms with Crippen LogP contribution in [0.2, 0.25) is 0 Å². The van der Waals surface area contributed by atoms with E-state index in [4.69, 9.17) is 0 Å². The molecule has 2 atom stereocenters. The lowest BCUT2D eigenvalue weighted by Crippen LogP contribution is -2.46. The topological polar surface area (TPSA) is 41.1 Å². The molecule has 0 radical (unpaired) electrons. The summed E-state index contributed by atoms with van der Waals surface area (Å²) in [5, 5.41) is 6.25. The fraction of sp³-hybridized carbons (Fsp3) is 0.381. The molecule has 0 saturated carbocycles. The minimum absolute atomic E-state index is 0.0680. The molecule has 0 unspecified atom stereocenters. The smallest absolute Gasteiger partial charge is 0.237 e. The van der Waals surface area contributed by atoms with E-state index in [0.29, 0.717) is 0 Å². The Bertz CT molecular complexity index is 697. The van der Waals surface area contributed by atoms with Gasteiger partial charge in [0.15, 0.2) is 0 Å². The van der Waals surface area contributed by atoms with Crippen molar-refractivity contribution in [1.82, 2.24) is 10.6 Å². The number of carbonyl (C=O) groups excluding carboxylic acids is 1. The number of aryl methyl sites for hydroxylation is 1. The molecule has 134 valence electrons. The van der Waals surface area contributed by atoms with Gasteiger partial charge in [0.05, 0.1) is 12.1 Å². The van der Waals surface area contributed by atoms with Crippen molar-refractivity contribution in [2.45, 2.75) is 52.2 Å². The van der Waals surface area contributed by atoms with Gasteiger partial charge in [-0.05, 0) is 56.0 Å². The maximum Gasteiger partial charge on any atom is 0.237 e. The lowest BCUT2D eigenvalue weighted by molar-refractivity contribution is -0.123. The Morgan fingerprint density at radius 2 is 1.72 bits per heavy atom. The first-order valence-corrected chi connectivity index (χ1v) is 8.81. The number of rotatable bonds is 7. The second kappa shape index (κ2) is 8.77. The summed E-state index contributed by atoms with van der Waals surface area (Å²) in [6.45, 7) is 7.79. The summed E-state index contributed by atoms with van der Waals surface area (Å²) in [4.78, 5) is 12.3. The number of carbonyl (C=O) groups is 1. The molecule has 2 N–H and O–H groups in total. The van der Waals surface area contributed by atoms with Crippen LogP contribution in [0.4, 0.5) is 4.39 Å². The molecule has 0 bridgehead atoms. The minimum atomic E-state index is -0.401. The van der Waals surface area contributed by atoms with Gasteiger partial charge >= 0.3 is 0 Å². The van der Waals surface area contributed by atoms with Crippen LogP contribution in [0.25, 0.3) is 0 Å². The van der Waals surface area contributed by atoms with Crippen molar-refractivity contribution in [1.29, 1.82) is 0 Å². The molecule has 0 saturated heterocycles. The highest BCUT2D eigenvalue weighted by molar-refractivity contribution is 5.81. The minimum Gasteiger partial charge on any atom is -0.353 e. The first kappa shape index (κ1) is 19.1. The zero-order valence-corrected chi connectivity index (χ0v) is 15.3. The van der Waals surface area contributed by atoms with Crippen molar-refractivity contribution < 1.29 is 9.18 Å². The molecule has 0 aliphatic rings. The molecule has 4 heteroatoms. The summed E-state index contributed by atoms with van der Waals surface area (Å²) in [7, 11) is 0. The van der Waals surface area contributed by atoms with Gasteiger partial charge < -0.3 is 5.32 Å². The fourth-order valence-corrected chi connectivity index (χ4v) is 2.75. The van der Waals surface area contributed by atoms with E-state index in [9.17, 15) is 9.18 Å². The highest BCUT2D eigenvalue weighted by Gasteiger charge is 2.21. The van der Waals surface area contributed by atoms with Crippen LogP contribution in [-0.4, -0.2) is 18.0 Å². The zero-order chi connectivity index (χ0) is 18.4. The van der Waals surface area contributed by atoms with Gasteiger partial charge in [0.25, 0.3) is 0 Å². The second-order valence-corrected chi connectivity index (χ2v) is 6.63. The highest BCUT2D eigenvalue weighted by Crippen LogP contribution is 2.24. The van der Waals surface area contributed by atoms with Crippen LogP contribution in [0.15, 0.2) is 48.5 Å². The fourth-order valence-electron chi connectivity index (χ4n) is 2.75. The molecule has 25 heavy (non-hydrogen) atoms. The molecule has 2 aromatic rings. The standard InChI is InChI=1S/C21H27FN2O/c1-5-16-9-11-17(12-10-16)20(18-7-6-8-19(22)13-18)24-15(4)21(25)23-14(2)3/h6-15,20,24H,5H2,1-4H3,(H,23,25)/t15-,20-/m0/s1. The SMILES string of the molecule is CCc1ccc([C@H](N[C@@H](C)C(=O)NC(C)C)c2cccc(F)c2)cc1. The van der Waals surface area contributed by atoms with Gasteiger partial charge in [0.1, 0.15) is 5.82 Å². The maximum atomic E-state index is 13.7. The monoisotopic (exact) mass is 342 g/mol. The van der Waals surface area contributed by atoms with Gasteiger partial charge in [-0.25, -0.2) is 4.39 Å². The van der Waals surface area contributed by atoms with Crippen LogP contribution in [0.1, 0.15) is 50.4 Å². The number of benzene rings is 2. The number of halogens is 1. The van der Waals surface area contributed by atoms with E-state index in [2.05, 4.69) is 29.7 Å². The summed E-state index contributed by atoms with van der Waals surface area (Å²) in [6, 6.07) is 14.1. The summed E-state index contributed by atoms with van der Waals surface area (Å²) < 4.78 is 13.7. The summed E-state index contributed by atoms with van der Waals surface area (Å²) in [5.41, 5.74) is 3.05. The van der Waals surface area contributed by atoms with Crippen LogP contribution in [0, 0.1) is 5.82 Å². The van der Waals surface area contributed by atoms with Crippen LogP contribution in [-0.2, 0) is 11.2 Å². The van der Waals surface area contributed by atoms with E-state index in [0.717, 1.165) is 17.5 Å². The normalized spacial score (nSPS) is 13.5. The number of amides is 1. The van der Waals surface area contributed by atoms with Gasteiger partial charge in [-0.2, -0.15) is 0 Å². The summed E-state index contributed by atoms with van der Waals surface area (Å²) >= 11 is 0. The van der Waals surface area contributed by atoms with Crippen LogP contribution in [0.5, 0.6) is 0 Å². The van der Waals surface area contributed by atoms with E-state index in [1.165, 1.54) is 17.7 Å². The molecule has 0 aliphatic carbocycles. The van der Waals surface area contributed by atoms with E-state index in [-0.39, 0.29) is 23.8 Å². The quantitative estimate of drug-likeness (QED) is 0.799. The molecule has 0 aliphatic heterocycles. The number of hydrogen-bond acceptors (Lipinski definition) is 2. The molecule has 2 aromatic carbocycles. The molecule has 0 fully saturated rings. The van der Waals surface area contributed by atoms with Crippen molar-refractivity contribution in [2.24, 2.45) is 0 Å². The van der Waals surface area contributed by atoms with Crippen LogP contribution < -0.4 is 10.6 Å². The highest BCUT2D eigenvalue weighted by atomic mass is 19.1. The molecule has 1 amide bonds. The molecule has 2 rings (SSSR count). The number of nitrogens with one attached hydrogen (secondary N) is 2. The Hall–Kier alpha value is -2.20. The first-order valence-electron chi connectivity index (χ1n) is 8.81. The van der Waals surface area contributed by atoms with Crippen molar-refractivity contribution in [3.05, 3.63) is 71.0 Å². The third-order valence-corrected chi connectivity index (χ3v) is 4.14. The third-order valence-electron chi connectivity index (χ3n) is 4.14. The third kappa shape index (κ3) is 5.40. The predicted octanol–water partition coefficient (Wildman–Crippen LogP) is 3.98. The Labute approximate surface area is 149 Å². The van der Waals surface area contributed by atoms with Crippen molar-refractivity contribution >= 4 is 5.91 Å². The van der Waals surface area contributed by atoms with Gasteiger partial charge in [0.2, 0.25) is 5.91 Å². The van der Waals surface area contributed by atoms with Crippen molar-refractivity contribution in [2.75, 3.05) is 0 Å².